The van der Waals surface area contributed by atoms with Gasteiger partial charge in [-0.2, -0.15) is 0 Å². The van der Waals surface area contributed by atoms with E-state index in [0.717, 1.165) is 34.1 Å². The van der Waals surface area contributed by atoms with Crippen LogP contribution in [0, 0.1) is 0 Å². The van der Waals surface area contributed by atoms with Crippen molar-refractivity contribution in [1.29, 1.82) is 0 Å². The monoisotopic (exact) mass is 553 g/mol. The topological polar surface area (TPSA) is 37.6 Å². The van der Waals surface area contributed by atoms with Crippen LogP contribution in [0.3, 0.4) is 0 Å². The summed E-state index contributed by atoms with van der Waals surface area (Å²) < 4.78 is 2.15. The van der Waals surface area contributed by atoms with Crippen LogP contribution in [-0.4, -0.2) is 27.1 Å². The summed E-state index contributed by atoms with van der Waals surface area (Å²) in [6, 6.07) is 21.0. The number of halogens is 3. The van der Waals surface area contributed by atoms with Gasteiger partial charge < -0.3 is 4.57 Å². The molecule has 1 aliphatic heterocycles. The number of hydrogen-bond donors (Lipinski definition) is 0. The molecule has 0 N–H and O–H groups in total. The van der Waals surface area contributed by atoms with Gasteiger partial charge in [-0.3, -0.25) is 9.69 Å². The number of aromatic nitrogens is 1. The summed E-state index contributed by atoms with van der Waals surface area (Å²) in [5.41, 5.74) is 3.76. The van der Waals surface area contributed by atoms with E-state index in [0.29, 0.717) is 38.2 Å². The first-order chi connectivity index (χ1) is 17.4. The molecule has 1 amide bonds. The Morgan fingerprint density at radius 1 is 0.972 bits per heavy atom. The second-order valence-electron chi connectivity index (χ2n) is 8.40. The Morgan fingerprint density at radius 3 is 2.47 bits per heavy atom. The third-order valence-electron chi connectivity index (χ3n) is 5.85. The molecule has 1 aromatic heterocycles. The number of benzene rings is 3. The number of amidine groups is 1. The Balaban J connectivity index is 1.52. The highest BCUT2D eigenvalue weighted by Gasteiger charge is 2.33. The summed E-state index contributed by atoms with van der Waals surface area (Å²) in [4.78, 5) is 20.5. The summed E-state index contributed by atoms with van der Waals surface area (Å²) in [6.45, 7) is 3.24. The van der Waals surface area contributed by atoms with Gasteiger partial charge in [0.15, 0.2) is 5.17 Å². The van der Waals surface area contributed by atoms with Crippen LogP contribution < -0.4 is 0 Å². The molecule has 36 heavy (non-hydrogen) atoms. The van der Waals surface area contributed by atoms with E-state index in [9.17, 15) is 4.79 Å². The van der Waals surface area contributed by atoms with Crippen LogP contribution in [0.25, 0.3) is 17.0 Å². The van der Waals surface area contributed by atoms with E-state index in [-0.39, 0.29) is 5.91 Å². The van der Waals surface area contributed by atoms with Crippen molar-refractivity contribution in [3.05, 3.63) is 104 Å². The van der Waals surface area contributed by atoms with E-state index >= 15 is 0 Å². The van der Waals surface area contributed by atoms with Crippen molar-refractivity contribution in [3.8, 4) is 0 Å². The van der Waals surface area contributed by atoms with Crippen LogP contribution in [0.15, 0.2) is 82.8 Å². The van der Waals surface area contributed by atoms with Crippen molar-refractivity contribution in [3.63, 3.8) is 0 Å². The van der Waals surface area contributed by atoms with Crippen molar-refractivity contribution in [2.45, 2.75) is 19.9 Å². The minimum absolute atomic E-state index is 0.0351. The fourth-order valence-corrected chi connectivity index (χ4v) is 5.74. The van der Waals surface area contributed by atoms with Crippen molar-refractivity contribution in [2.75, 3.05) is 6.54 Å². The van der Waals surface area contributed by atoms with E-state index in [4.69, 9.17) is 39.8 Å². The van der Waals surface area contributed by atoms with Crippen molar-refractivity contribution in [2.24, 2.45) is 4.99 Å². The summed E-state index contributed by atoms with van der Waals surface area (Å²) in [6.07, 6.45) is 4.86. The van der Waals surface area contributed by atoms with Gasteiger partial charge in [-0.15, -0.1) is 0 Å². The van der Waals surface area contributed by atoms with Gasteiger partial charge in [0.1, 0.15) is 0 Å². The number of fused-ring (bicyclic) bond motifs is 1. The van der Waals surface area contributed by atoms with Crippen LogP contribution in [0.2, 0.25) is 15.1 Å². The molecule has 1 aliphatic rings. The number of amides is 1. The summed E-state index contributed by atoms with van der Waals surface area (Å²) in [5, 5.41) is 3.62. The Hall–Kier alpha value is -2.70. The van der Waals surface area contributed by atoms with Gasteiger partial charge in [0.25, 0.3) is 5.91 Å². The number of rotatable bonds is 6. The van der Waals surface area contributed by atoms with E-state index in [1.54, 1.807) is 23.1 Å². The van der Waals surface area contributed by atoms with Crippen molar-refractivity contribution >= 4 is 80.3 Å². The molecule has 0 saturated carbocycles. The third kappa shape index (κ3) is 5.21. The minimum Gasteiger partial charge on any atom is -0.342 e. The summed E-state index contributed by atoms with van der Waals surface area (Å²) in [5.74, 6) is -0.0351. The van der Waals surface area contributed by atoms with Gasteiger partial charge in [-0.25, -0.2) is 4.99 Å². The van der Waals surface area contributed by atoms with E-state index in [2.05, 4.69) is 29.8 Å². The molecule has 2 heterocycles. The Kier molecular flexibility index (Phi) is 7.44. The first kappa shape index (κ1) is 25.0. The number of carbonyl (C=O) groups excluding carboxylic acids is 1. The smallest absolute Gasteiger partial charge is 0.266 e. The molecule has 3 aromatic carbocycles. The first-order valence-corrected chi connectivity index (χ1v) is 13.5. The normalized spacial score (nSPS) is 16.1. The standard InChI is InChI=1S/C28H22Cl3N3OS/c1-2-13-34-27(35)26(36-28(34)32-22-11-9-20(29)10-12-22)14-19-17-33(25-6-4-3-5-23(19)25)16-18-7-8-21(30)15-24(18)31/h3-12,14-15,17H,2,13,16H2,1H3/b26-14-,32-28?. The summed E-state index contributed by atoms with van der Waals surface area (Å²) >= 11 is 19.9. The summed E-state index contributed by atoms with van der Waals surface area (Å²) in [7, 11) is 0. The lowest BCUT2D eigenvalue weighted by Crippen LogP contribution is -2.29. The molecule has 1 saturated heterocycles. The molecule has 4 nitrogen and oxygen atoms in total. The van der Waals surface area contributed by atoms with Gasteiger partial charge in [0.05, 0.1) is 10.6 Å². The second-order valence-corrected chi connectivity index (χ2v) is 10.7. The molecular weight excluding hydrogens is 533 g/mol. The molecule has 0 bridgehead atoms. The number of para-hydroxylation sites is 1. The quantitative estimate of drug-likeness (QED) is 0.224. The maximum absolute atomic E-state index is 13.4. The highest BCUT2D eigenvalue weighted by atomic mass is 35.5. The van der Waals surface area contributed by atoms with Crippen LogP contribution in [0.1, 0.15) is 24.5 Å². The Bertz CT molecular complexity index is 1510. The fourth-order valence-electron chi connectivity index (χ4n) is 4.13. The largest absolute Gasteiger partial charge is 0.342 e. The molecule has 4 aromatic rings. The Labute approximate surface area is 229 Å². The molecule has 1 fully saturated rings. The molecule has 0 atom stereocenters. The lowest BCUT2D eigenvalue weighted by atomic mass is 10.1. The van der Waals surface area contributed by atoms with Crippen LogP contribution >= 0.6 is 46.6 Å². The predicted octanol–water partition coefficient (Wildman–Crippen LogP) is 8.66. The molecule has 182 valence electrons. The van der Waals surface area contributed by atoms with Gasteiger partial charge in [0, 0.05) is 50.8 Å². The lowest BCUT2D eigenvalue weighted by Gasteiger charge is -2.13. The average Bonchev–Trinajstić information content (AvgIpc) is 3.35. The molecule has 0 radical (unpaired) electrons. The van der Waals surface area contributed by atoms with Crippen LogP contribution in [0.5, 0.6) is 0 Å². The predicted molar refractivity (Wildman–Crippen MR) is 154 cm³/mol. The fraction of sp³-hybridized carbons (Fsp3) is 0.143. The van der Waals surface area contributed by atoms with E-state index < -0.39 is 0 Å². The van der Waals surface area contributed by atoms with Gasteiger partial charge in [-0.05, 0) is 72.3 Å². The highest BCUT2D eigenvalue weighted by Crippen LogP contribution is 2.36. The van der Waals surface area contributed by atoms with Crippen molar-refractivity contribution in [1.82, 2.24) is 9.47 Å². The zero-order valence-corrected chi connectivity index (χ0v) is 22.5. The van der Waals surface area contributed by atoms with E-state index in [1.807, 2.05) is 42.5 Å². The van der Waals surface area contributed by atoms with Gasteiger partial charge >= 0.3 is 0 Å². The zero-order valence-electron chi connectivity index (χ0n) is 19.4. The minimum atomic E-state index is -0.0351. The number of aliphatic imine (C=N–C) groups is 1. The van der Waals surface area contributed by atoms with Gasteiger partial charge in [-0.1, -0.05) is 66.0 Å². The number of nitrogens with zero attached hydrogens (tertiary/aromatic N) is 3. The molecular formula is C28H22Cl3N3OS. The molecule has 0 spiro atoms. The number of hydrogen-bond acceptors (Lipinski definition) is 3. The number of carbonyl (C=O) groups is 1. The SMILES string of the molecule is CCCN1C(=O)/C(=C/c2cn(Cc3ccc(Cl)cc3Cl)c3ccccc23)SC1=Nc1ccc(Cl)cc1. The number of thioether (sulfide) groups is 1. The molecule has 8 heteroatoms. The highest BCUT2D eigenvalue weighted by molar-refractivity contribution is 8.18. The molecule has 0 unspecified atom stereocenters. The average molecular weight is 555 g/mol. The first-order valence-electron chi connectivity index (χ1n) is 11.5. The maximum Gasteiger partial charge on any atom is 0.266 e. The van der Waals surface area contributed by atoms with Gasteiger partial charge in [0.2, 0.25) is 0 Å². The van der Waals surface area contributed by atoms with Crippen LogP contribution in [0.4, 0.5) is 5.69 Å². The maximum atomic E-state index is 13.4. The third-order valence-corrected chi connectivity index (χ3v) is 7.69. The second kappa shape index (κ2) is 10.7. The molecule has 0 aliphatic carbocycles. The van der Waals surface area contributed by atoms with E-state index in [1.165, 1.54) is 11.8 Å². The Morgan fingerprint density at radius 2 is 1.72 bits per heavy atom. The lowest BCUT2D eigenvalue weighted by molar-refractivity contribution is -0.122. The van der Waals surface area contributed by atoms with Crippen LogP contribution in [-0.2, 0) is 11.3 Å². The van der Waals surface area contributed by atoms with Crippen molar-refractivity contribution < 1.29 is 4.79 Å². The zero-order chi connectivity index (χ0) is 25.2. The molecule has 5 rings (SSSR count).